The van der Waals surface area contributed by atoms with E-state index in [9.17, 15) is 23.1 Å². The van der Waals surface area contributed by atoms with E-state index in [4.69, 9.17) is 0 Å². The second kappa shape index (κ2) is 6.47. The van der Waals surface area contributed by atoms with Gasteiger partial charge >= 0.3 is 6.18 Å². The molecule has 0 saturated heterocycles. The maximum absolute atomic E-state index is 12.6. The molecule has 1 aliphatic carbocycles. The van der Waals surface area contributed by atoms with Crippen molar-refractivity contribution in [2.75, 3.05) is 0 Å². The molecule has 116 valence electrons. The highest BCUT2D eigenvalue weighted by molar-refractivity contribution is 5.78. The Morgan fingerprint density at radius 1 is 1.24 bits per heavy atom. The first-order valence-electron chi connectivity index (χ1n) is 6.98. The monoisotopic (exact) mass is 301 g/mol. The van der Waals surface area contributed by atoms with E-state index in [2.05, 4.69) is 5.32 Å². The number of amides is 1. The quantitative estimate of drug-likeness (QED) is 0.902. The van der Waals surface area contributed by atoms with Gasteiger partial charge in [-0.15, -0.1) is 0 Å². The third-order valence-electron chi connectivity index (χ3n) is 3.68. The minimum atomic E-state index is -4.40. The molecule has 0 heterocycles. The van der Waals surface area contributed by atoms with Gasteiger partial charge in [-0.25, -0.2) is 0 Å². The van der Waals surface area contributed by atoms with Gasteiger partial charge < -0.3 is 10.4 Å². The average Bonchev–Trinajstić information content (AvgIpc) is 2.41. The summed E-state index contributed by atoms with van der Waals surface area (Å²) in [5.41, 5.74) is -0.397. The Kier molecular flexibility index (Phi) is 4.88. The van der Waals surface area contributed by atoms with E-state index >= 15 is 0 Å². The van der Waals surface area contributed by atoms with Gasteiger partial charge in [-0.1, -0.05) is 18.2 Å². The molecular formula is C15H18F3NO2. The second-order valence-electron chi connectivity index (χ2n) is 5.45. The average molecular weight is 301 g/mol. The summed E-state index contributed by atoms with van der Waals surface area (Å²) in [6.45, 7) is 0. The lowest BCUT2D eigenvalue weighted by molar-refractivity contribution is -0.137. The van der Waals surface area contributed by atoms with Gasteiger partial charge in [0.1, 0.15) is 0 Å². The first kappa shape index (κ1) is 15.8. The van der Waals surface area contributed by atoms with Gasteiger partial charge in [0.25, 0.3) is 0 Å². The third kappa shape index (κ3) is 4.74. The molecule has 21 heavy (non-hydrogen) atoms. The highest BCUT2D eigenvalue weighted by atomic mass is 19.4. The summed E-state index contributed by atoms with van der Waals surface area (Å²) in [5, 5.41) is 12.2. The van der Waals surface area contributed by atoms with Gasteiger partial charge in [0.05, 0.1) is 18.1 Å². The predicted molar refractivity (Wildman–Crippen MR) is 71.6 cm³/mol. The van der Waals surface area contributed by atoms with Crippen LogP contribution in [0.4, 0.5) is 13.2 Å². The molecule has 1 aromatic carbocycles. The summed E-state index contributed by atoms with van der Waals surface area (Å²) in [6, 6.07) is 4.82. The van der Waals surface area contributed by atoms with Crippen molar-refractivity contribution in [2.24, 2.45) is 0 Å². The van der Waals surface area contributed by atoms with E-state index < -0.39 is 11.7 Å². The normalized spacial score (nSPS) is 22.9. The molecule has 1 fully saturated rings. The van der Waals surface area contributed by atoms with E-state index in [1.807, 2.05) is 0 Å². The zero-order valence-electron chi connectivity index (χ0n) is 11.5. The Balaban J connectivity index is 1.91. The largest absolute Gasteiger partial charge is 0.416 e. The number of alkyl halides is 3. The number of hydrogen-bond acceptors (Lipinski definition) is 2. The van der Waals surface area contributed by atoms with Crippen LogP contribution >= 0.6 is 0 Å². The van der Waals surface area contributed by atoms with Gasteiger partial charge in [-0.3, -0.25) is 4.79 Å². The summed E-state index contributed by atoms with van der Waals surface area (Å²) < 4.78 is 37.8. The lowest BCUT2D eigenvalue weighted by atomic mass is 9.93. The van der Waals surface area contributed by atoms with Crippen LogP contribution in [0, 0.1) is 0 Å². The van der Waals surface area contributed by atoms with Gasteiger partial charge in [-0.05, 0) is 37.3 Å². The fourth-order valence-corrected chi connectivity index (χ4v) is 2.54. The Labute approximate surface area is 121 Å². The fraction of sp³-hybridized carbons (Fsp3) is 0.533. The third-order valence-corrected chi connectivity index (χ3v) is 3.68. The topological polar surface area (TPSA) is 49.3 Å². The molecule has 3 nitrogen and oxygen atoms in total. The van der Waals surface area contributed by atoms with Crippen LogP contribution in [0.5, 0.6) is 0 Å². The molecule has 0 unspecified atom stereocenters. The number of carbonyl (C=O) groups excluding carboxylic acids is 1. The van der Waals surface area contributed by atoms with Crippen LogP contribution < -0.4 is 5.32 Å². The molecule has 1 aromatic rings. The number of aliphatic hydroxyl groups excluding tert-OH is 1. The van der Waals surface area contributed by atoms with Crippen LogP contribution in [0.3, 0.4) is 0 Å². The summed E-state index contributed by atoms with van der Waals surface area (Å²) in [5.74, 6) is -0.282. The fourth-order valence-electron chi connectivity index (χ4n) is 2.54. The van der Waals surface area contributed by atoms with E-state index in [0.29, 0.717) is 31.2 Å². The van der Waals surface area contributed by atoms with Crippen molar-refractivity contribution in [3.05, 3.63) is 35.4 Å². The van der Waals surface area contributed by atoms with E-state index in [-0.39, 0.29) is 24.5 Å². The number of aliphatic hydroxyl groups is 1. The Bertz CT molecular complexity index is 494. The maximum atomic E-state index is 12.6. The predicted octanol–water partition coefficient (Wildman–Crippen LogP) is 2.67. The van der Waals surface area contributed by atoms with Crippen molar-refractivity contribution >= 4 is 5.91 Å². The van der Waals surface area contributed by atoms with E-state index in [0.717, 1.165) is 12.1 Å². The van der Waals surface area contributed by atoms with Crippen LogP contribution in [-0.4, -0.2) is 23.2 Å². The lowest BCUT2D eigenvalue weighted by Gasteiger charge is -2.26. The lowest BCUT2D eigenvalue weighted by Crippen LogP contribution is -2.39. The number of benzene rings is 1. The van der Waals surface area contributed by atoms with Gasteiger partial charge in [0, 0.05) is 6.04 Å². The molecule has 1 amide bonds. The van der Waals surface area contributed by atoms with Crippen molar-refractivity contribution < 1.29 is 23.1 Å². The highest BCUT2D eigenvalue weighted by Gasteiger charge is 2.30. The summed E-state index contributed by atoms with van der Waals surface area (Å²) >= 11 is 0. The Hall–Kier alpha value is -1.56. The van der Waals surface area contributed by atoms with Gasteiger partial charge in [-0.2, -0.15) is 13.2 Å². The standard InChI is InChI=1S/C15H18F3NO2/c16-15(17,18)11-3-1-2-10(8-11)9-14(21)19-12-4-6-13(20)7-5-12/h1-3,8,12-13,20H,4-7,9H2,(H,19,21). The van der Waals surface area contributed by atoms with Crippen LogP contribution in [0.15, 0.2) is 24.3 Å². The molecule has 0 atom stereocenters. The number of nitrogens with one attached hydrogen (secondary N) is 1. The molecular weight excluding hydrogens is 283 g/mol. The van der Waals surface area contributed by atoms with Crippen molar-refractivity contribution in [3.63, 3.8) is 0 Å². The van der Waals surface area contributed by atoms with Crippen LogP contribution in [0.1, 0.15) is 36.8 Å². The summed E-state index contributed by atoms with van der Waals surface area (Å²) in [6.07, 6.45) is -2.06. The molecule has 2 N–H and O–H groups in total. The molecule has 0 aliphatic heterocycles. The summed E-state index contributed by atoms with van der Waals surface area (Å²) in [7, 11) is 0. The SMILES string of the molecule is O=C(Cc1cccc(C(F)(F)F)c1)NC1CCC(O)CC1. The Morgan fingerprint density at radius 3 is 2.52 bits per heavy atom. The van der Waals surface area contributed by atoms with Crippen LogP contribution in [0.2, 0.25) is 0 Å². The molecule has 1 saturated carbocycles. The van der Waals surface area contributed by atoms with Gasteiger partial charge in [0.15, 0.2) is 0 Å². The smallest absolute Gasteiger partial charge is 0.393 e. The number of rotatable bonds is 3. The molecule has 0 aromatic heterocycles. The highest BCUT2D eigenvalue weighted by Crippen LogP contribution is 2.29. The molecule has 0 radical (unpaired) electrons. The van der Waals surface area contributed by atoms with E-state index in [1.165, 1.54) is 12.1 Å². The van der Waals surface area contributed by atoms with Crippen LogP contribution in [0.25, 0.3) is 0 Å². The van der Waals surface area contributed by atoms with Crippen molar-refractivity contribution in [1.82, 2.24) is 5.32 Å². The second-order valence-corrected chi connectivity index (χ2v) is 5.45. The van der Waals surface area contributed by atoms with Gasteiger partial charge in [0.2, 0.25) is 5.91 Å². The number of carbonyl (C=O) groups is 1. The molecule has 0 spiro atoms. The maximum Gasteiger partial charge on any atom is 0.416 e. The van der Waals surface area contributed by atoms with Crippen molar-refractivity contribution in [2.45, 2.75) is 50.4 Å². The minimum Gasteiger partial charge on any atom is -0.393 e. The van der Waals surface area contributed by atoms with Crippen molar-refractivity contribution in [1.29, 1.82) is 0 Å². The zero-order chi connectivity index (χ0) is 15.5. The van der Waals surface area contributed by atoms with Crippen molar-refractivity contribution in [3.8, 4) is 0 Å². The van der Waals surface area contributed by atoms with Crippen LogP contribution in [-0.2, 0) is 17.4 Å². The molecule has 0 bridgehead atoms. The number of hydrogen-bond donors (Lipinski definition) is 2. The minimum absolute atomic E-state index is 0.00620. The summed E-state index contributed by atoms with van der Waals surface area (Å²) in [4.78, 5) is 11.9. The first-order chi connectivity index (χ1) is 9.84. The first-order valence-corrected chi connectivity index (χ1v) is 6.98. The zero-order valence-corrected chi connectivity index (χ0v) is 11.5. The molecule has 6 heteroatoms. The number of halogens is 3. The molecule has 1 aliphatic rings. The van der Waals surface area contributed by atoms with E-state index in [1.54, 1.807) is 0 Å². The molecule has 2 rings (SSSR count). The Morgan fingerprint density at radius 2 is 1.90 bits per heavy atom.